The Morgan fingerprint density at radius 3 is 2.35 bits per heavy atom. The summed E-state index contributed by atoms with van der Waals surface area (Å²) in [5.41, 5.74) is -0.127. The van der Waals surface area contributed by atoms with Crippen molar-refractivity contribution in [2.45, 2.75) is 42.9 Å². The second-order valence-electron chi connectivity index (χ2n) is 8.32. The lowest BCUT2D eigenvalue weighted by Crippen LogP contribution is -2.46. The number of nitrogens with zero attached hydrogens (tertiary/aromatic N) is 2. The van der Waals surface area contributed by atoms with Crippen LogP contribution in [0.15, 0.2) is 53.4 Å². The van der Waals surface area contributed by atoms with Crippen molar-refractivity contribution in [3.8, 4) is 0 Å². The minimum absolute atomic E-state index is 0.0283. The minimum atomic E-state index is -4.45. The number of nitrogens with one attached hydrogen (secondary N) is 1. The monoisotopic (exact) mass is 497 g/mol. The minimum Gasteiger partial charge on any atom is -0.348 e. The number of sulfonamides is 1. The molecule has 11 heteroatoms. The molecule has 2 aromatic carbocycles. The molecule has 1 aliphatic heterocycles. The molecular formula is C23H26F3N3O4S. The van der Waals surface area contributed by atoms with Gasteiger partial charge in [-0.05, 0) is 55.7 Å². The van der Waals surface area contributed by atoms with Gasteiger partial charge in [0.2, 0.25) is 15.9 Å². The fraction of sp³-hybridized carbons (Fsp3) is 0.391. The van der Waals surface area contributed by atoms with Crippen LogP contribution in [0.4, 0.5) is 13.2 Å². The molecule has 34 heavy (non-hydrogen) atoms. The summed E-state index contributed by atoms with van der Waals surface area (Å²) in [5.74, 6) is -0.883. The summed E-state index contributed by atoms with van der Waals surface area (Å²) in [6, 6.07) is 8.85. The van der Waals surface area contributed by atoms with Crippen LogP contribution in [0, 0.1) is 0 Å². The van der Waals surface area contributed by atoms with E-state index < -0.39 is 45.7 Å². The number of benzene rings is 2. The summed E-state index contributed by atoms with van der Waals surface area (Å²) in [6.07, 6.45) is -3.43. The Morgan fingerprint density at radius 1 is 1.12 bits per heavy atom. The largest absolute Gasteiger partial charge is 0.416 e. The molecule has 1 saturated heterocycles. The second kappa shape index (κ2) is 9.75. The first-order chi connectivity index (χ1) is 15.8. The van der Waals surface area contributed by atoms with E-state index in [-0.39, 0.29) is 10.5 Å². The second-order valence-corrected chi connectivity index (χ2v) is 10.5. The van der Waals surface area contributed by atoms with Crippen molar-refractivity contribution in [2.75, 3.05) is 20.6 Å². The van der Waals surface area contributed by atoms with E-state index in [4.69, 9.17) is 0 Å². The normalized spacial score (nSPS) is 17.6. The molecule has 1 N–H and O–H groups in total. The molecule has 0 spiro atoms. The van der Waals surface area contributed by atoms with Crippen molar-refractivity contribution in [1.82, 2.24) is 14.5 Å². The molecule has 1 heterocycles. The Balaban J connectivity index is 1.74. The van der Waals surface area contributed by atoms with Gasteiger partial charge in [-0.25, -0.2) is 12.7 Å². The maximum Gasteiger partial charge on any atom is 0.416 e. The van der Waals surface area contributed by atoms with Crippen LogP contribution < -0.4 is 5.32 Å². The van der Waals surface area contributed by atoms with Crippen LogP contribution in [0.2, 0.25) is 0 Å². The number of carbonyl (C=O) groups excluding carboxylic acids is 2. The van der Waals surface area contributed by atoms with Crippen molar-refractivity contribution in [3.63, 3.8) is 0 Å². The summed E-state index contributed by atoms with van der Waals surface area (Å²) < 4.78 is 64.2. The van der Waals surface area contributed by atoms with E-state index in [9.17, 15) is 31.2 Å². The van der Waals surface area contributed by atoms with Crippen LogP contribution >= 0.6 is 0 Å². The van der Waals surface area contributed by atoms with Gasteiger partial charge in [-0.15, -0.1) is 0 Å². The molecule has 2 aromatic rings. The average molecular weight is 498 g/mol. The predicted molar refractivity (Wildman–Crippen MR) is 119 cm³/mol. The molecule has 3 rings (SSSR count). The topological polar surface area (TPSA) is 86.8 Å². The average Bonchev–Trinajstić information content (AvgIpc) is 3.28. The van der Waals surface area contributed by atoms with Gasteiger partial charge in [0.1, 0.15) is 6.04 Å². The number of halogens is 3. The Kier molecular flexibility index (Phi) is 7.37. The lowest BCUT2D eigenvalue weighted by Gasteiger charge is -2.26. The molecule has 1 aliphatic rings. The van der Waals surface area contributed by atoms with Gasteiger partial charge >= 0.3 is 6.18 Å². The number of rotatable bonds is 6. The van der Waals surface area contributed by atoms with Gasteiger partial charge in [0.15, 0.2) is 0 Å². The molecule has 2 amide bonds. The van der Waals surface area contributed by atoms with Crippen molar-refractivity contribution < 1.29 is 31.2 Å². The molecule has 0 aliphatic carbocycles. The molecule has 7 nitrogen and oxygen atoms in total. The molecular weight excluding hydrogens is 471 g/mol. The van der Waals surface area contributed by atoms with Crippen molar-refractivity contribution >= 4 is 21.8 Å². The summed E-state index contributed by atoms with van der Waals surface area (Å²) in [7, 11) is -0.950. The lowest BCUT2D eigenvalue weighted by molar-refractivity contribution is -0.137. The van der Waals surface area contributed by atoms with Crippen LogP contribution in [0.5, 0.6) is 0 Å². The smallest absolute Gasteiger partial charge is 0.348 e. The van der Waals surface area contributed by atoms with Crippen molar-refractivity contribution in [2.24, 2.45) is 0 Å². The SMILES string of the molecule is CC(NC(=O)[C@H]1CCCN1C(=O)c1cccc(S(=O)(=O)N(C)C)c1)c1ccc(C(F)(F)F)cc1. The van der Waals surface area contributed by atoms with Crippen LogP contribution in [0.1, 0.15) is 47.3 Å². The fourth-order valence-corrected chi connectivity index (χ4v) is 4.75. The fourth-order valence-electron chi connectivity index (χ4n) is 3.80. The van der Waals surface area contributed by atoms with Crippen LogP contribution in [0.25, 0.3) is 0 Å². The predicted octanol–water partition coefficient (Wildman–Crippen LogP) is 3.44. The van der Waals surface area contributed by atoms with Crippen LogP contribution in [-0.4, -0.2) is 56.1 Å². The molecule has 2 atom stereocenters. The number of hydrogen-bond acceptors (Lipinski definition) is 4. The zero-order valence-electron chi connectivity index (χ0n) is 19.0. The number of carbonyl (C=O) groups is 2. The first-order valence-corrected chi connectivity index (χ1v) is 12.1. The van der Waals surface area contributed by atoms with Gasteiger partial charge in [-0.1, -0.05) is 18.2 Å². The van der Waals surface area contributed by atoms with Gasteiger partial charge in [0.25, 0.3) is 5.91 Å². The molecule has 0 saturated carbocycles. The number of amides is 2. The molecule has 0 bridgehead atoms. The molecule has 1 fully saturated rings. The number of alkyl halides is 3. The van der Waals surface area contributed by atoms with E-state index in [0.717, 1.165) is 16.4 Å². The quantitative estimate of drug-likeness (QED) is 0.663. The van der Waals surface area contributed by atoms with Crippen LogP contribution in [0.3, 0.4) is 0 Å². The Morgan fingerprint density at radius 2 is 1.76 bits per heavy atom. The Labute approximate surface area is 196 Å². The maximum absolute atomic E-state index is 13.1. The van der Waals surface area contributed by atoms with E-state index in [1.165, 1.54) is 55.4 Å². The Hall–Kier alpha value is -2.92. The van der Waals surface area contributed by atoms with E-state index >= 15 is 0 Å². The third-order valence-electron chi connectivity index (χ3n) is 5.77. The zero-order chi connectivity index (χ0) is 25.3. The summed E-state index contributed by atoms with van der Waals surface area (Å²) in [4.78, 5) is 27.4. The highest BCUT2D eigenvalue weighted by Crippen LogP contribution is 2.30. The highest BCUT2D eigenvalue weighted by Gasteiger charge is 2.36. The van der Waals surface area contributed by atoms with Gasteiger partial charge in [-0.3, -0.25) is 9.59 Å². The molecule has 0 radical (unpaired) electrons. The van der Waals surface area contributed by atoms with Crippen molar-refractivity contribution in [3.05, 3.63) is 65.2 Å². The summed E-state index contributed by atoms with van der Waals surface area (Å²) in [6.45, 7) is 1.98. The Bertz CT molecular complexity index is 1160. The standard InChI is InChI=1S/C23H26F3N3O4S/c1-15(16-9-11-18(12-10-16)23(24,25)26)27-21(30)20-8-5-13-29(20)22(31)17-6-4-7-19(14-17)34(32,33)28(2)3/h4,6-7,9-12,14-15,20H,5,8,13H2,1-3H3,(H,27,30)/t15?,20-/m1/s1. The number of likely N-dealkylation sites (tertiary alicyclic amines) is 1. The highest BCUT2D eigenvalue weighted by molar-refractivity contribution is 7.89. The number of hydrogen-bond donors (Lipinski definition) is 1. The van der Waals surface area contributed by atoms with E-state index in [1.807, 2.05) is 0 Å². The molecule has 1 unspecified atom stereocenters. The maximum atomic E-state index is 13.1. The third-order valence-corrected chi connectivity index (χ3v) is 7.58. The van der Waals surface area contributed by atoms with E-state index in [0.29, 0.717) is 24.9 Å². The lowest BCUT2D eigenvalue weighted by atomic mass is 10.0. The van der Waals surface area contributed by atoms with E-state index in [1.54, 1.807) is 6.92 Å². The molecule has 184 valence electrons. The van der Waals surface area contributed by atoms with Gasteiger partial charge in [0, 0.05) is 26.2 Å². The summed E-state index contributed by atoms with van der Waals surface area (Å²) in [5, 5.41) is 2.77. The van der Waals surface area contributed by atoms with Gasteiger partial charge < -0.3 is 10.2 Å². The highest BCUT2D eigenvalue weighted by atomic mass is 32.2. The van der Waals surface area contributed by atoms with E-state index in [2.05, 4.69) is 5.32 Å². The summed E-state index contributed by atoms with van der Waals surface area (Å²) >= 11 is 0. The van der Waals surface area contributed by atoms with Crippen molar-refractivity contribution in [1.29, 1.82) is 0 Å². The first-order valence-electron chi connectivity index (χ1n) is 10.6. The van der Waals surface area contributed by atoms with Crippen LogP contribution in [-0.2, 0) is 21.0 Å². The first kappa shape index (κ1) is 25.7. The molecule has 0 aromatic heterocycles. The van der Waals surface area contributed by atoms with Gasteiger partial charge in [0.05, 0.1) is 16.5 Å². The zero-order valence-corrected chi connectivity index (χ0v) is 19.8. The van der Waals surface area contributed by atoms with Gasteiger partial charge in [-0.2, -0.15) is 13.2 Å². The third kappa shape index (κ3) is 5.41.